The molecule has 0 atom stereocenters. The fourth-order valence-corrected chi connectivity index (χ4v) is 3.76. The normalized spacial score (nSPS) is 14.3. The summed E-state index contributed by atoms with van der Waals surface area (Å²) in [6.45, 7) is 3.81. The Morgan fingerprint density at radius 1 is 1.15 bits per heavy atom. The Bertz CT molecular complexity index is 1510. The first-order valence-electron chi connectivity index (χ1n) is 10.7. The van der Waals surface area contributed by atoms with E-state index in [4.69, 9.17) is 15.5 Å². The van der Waals surface area contributed by atoms with Crippen molar-refractivity contribution < 1.29 is 9.53 Å². The van der Waals surface area contributed by atoms with E-state index in [9.17, 15) is 9.59 Å². The lowest BCUT2D eigenvalue weighted by molar-refractivity contribution is -0.129. The van der Waals surface area contributed by atoms with E-state index in [1.54, 1.807) is 51.4 Å². The zero-order valence-electron chi connectivity index (χ0n) is 18.9. The molecule has 1 amide bonds. The summed E-state index contributed by atoms with van der Waals surface area (Å²) in [5, 5.41) is 6.52. The van der Waals surface area contributed by atoms with E-state index in [1.165, 1.54) is 10.9 Å². The van der Waals surface area contributed by atoms with Gasteiger partial charge in [0.2, 0.25) is 0 Å². The molecule has 0 saturated heterocycles. The maximum absolute atomic E-state index is 12.9. The number of anilines is 3. The Morgan fingerprint density at radius 3 is 2.76 bits per heavy atom. The zero-order valence-corrected chi connectivity index (χ0v) is 18.9. The monoisotopic (exact) mass is 457 g/mol. The molecular weight excluding hydrogens is 434 g/mol. The van der Waals surface area contributed by atoms with E-state index in [2.05, 4.69) is 20.6 Å². The minimum absolute atomic E-state index is 0.214. The van der Waals surface area contributed by atoms with Crippen molar-refractivity contribution in [2.75, 3.05) is 16.4 Å². The van der Waals surface area contributed by atoms with Crippen molar-refractivity contribution in [2.24, 2.45) is 7.05 Å². The minimum Gasteiger partial charge on any atom is -0.476 e. The first-order chi connectivity index (χ1) is 16.2. The van der Waals surface area contributed by atoms with Crippen molar-refractivity contribution in [3.63, 3.8) is 0 Å². The molecule has 0 aliphatic carbocycles. The molecule has 4 heterocycles. The van der Waals surface area contributed by atoms with Gasteiger partial charge in [0.15, 0.2) is 5.60 Å². The van der Waals surface area contributed by atoms with Crippen LogP contribution in [0.2, 0.25) is 0 Å². The van der Waals surface area contributed by atoms with Crippen molar-refractivity contribution in [3.05, 3.63) is 64.8 Å². The zero-order chi connectivity index (χ0) is 24.0. The van der Waals surface area contributed by atoms with Gasteiger partial charge in [-0.25, -0.2) is 15.0 Å². The second-order valence-electron chi connectivity index (χ2n) is 8.63. The van der Waals surface area contributed by atoms with Gasteiger partial charge in [0.1, 0.15) is 22.8 Å². The van der Waals surface area contributed by atoms with Gasteiger partial charge in [-0.3, -0.25) is 9.59 Å². The highest BCUT2D eigenvalue weighted by Crippen LogP contribution is 2.37. The molecule has 1 aromatic carbocycles. The molecule has 4 aromatic rings. The Labute approximate surface area is 194 Å². The van der Waals surface area contributed by atoms with Crippen molar-refractivity contribution in [1.82, 2.24) is 19.5 Å². The highest BCUT2D eigenvalue weighted by atomic mass is 16.5. The fourth-order valence-electron chi connectivity index (χ4n) is 3.76. The first kappa shape index (κ1) is 21.4. The maximum atomic E-state index is 12.9. The number of benzene rings is 1. The lowest BCUT2D eigenvalue weighted by Gasteiger charge is -2.31. The number of rotatable bonds is 4. The van der Waals surface area contributed by atoms with E-state index < -0.39 is 5.60 Å². The van der Waals surface area contributed by atoms with Crippen LogP contribution in [0.1, 0.15) is 19.4 Å². The Kier molecular flexibility index (Phi) is 4.93. The Hall–Kier alpha value is -4.47. The Morgan fingerprint density at radius 2 is 1.97 bits per heavy atom. The first-order valence-corrected chi connectivity index (χ1v) is 10.7. The van der Waals surface area contributed by atoms with Crippen LogP contribution in [0.3, 0.4) is 0 Å². The topological polar surface area (TPSA) is 137 Å². The van der Waals surface area contributed by atoms with Gasteiger partial charge < -0.3 is 25.7 Å². The summed E-state index contributed by atoms with van der Waals surface area (Å²) in [5.74, 6) is 1.16. The van der Waals surface area contributed by atoms with E-state index in [0.717, 1.165) is 11.1 Å². The third kappa shape index (κ3) is 3.79. The number of carbonyl (C=O) groups is 1. The average molecular weight is 457 g/mol. The summed E-state index contributed by atoms with van der Waals surface area (Å²) < 4.78 is 7.24. The van der Waals surface area contributed by atoms with E-state index in [0.29, 0.717) is 46.2 Å². The standard InChI is InChI=1S/C24H23N7O3/c1-24(2)23(33)30-16-9-14(4-5-18(16)34-24)15-10-17-20(22(32)31(3)12-28-17)21(29-15)27-11-13-6-7-26-19(25)8-13/h4-10,12H,11H2,1-3H3,(H2,25,26)(H,27,29)(H,30,33). The van der Waals surface area contributed by atoms with Gasteiger partial charge in [0, 0.05) is 25.4 Å². The summed E-state index contributed by atoms with van der Waals surface area (Å²) in [6, 6.07) is 10.8. The number of fused-ring (bicyclic) bond motifs is 2. The minimum atomic E-state index is -0.951. The van der Waals surface area contributed by atoms with Crippen LogP contribution in [-0.4, -0.2) is 31.0 Å². The molecule has 10 heteroatoms. The lowest BCUT2D eigenvalue weighted by Crippen LogP contribution is -2.45. The van der Waals surface area contributed by atoms with E-state index in [-0.39, 0.29) is 11.5 Å². The molecule has 172 valence electrons. The molecule has 5 rings (SSSR count). The number of hydrogen-bond acceptors (Lipinski definition) is 8. The molecule has 3 aromatic heterocycles. The number of amides is 1. The SMILES string of the molecule is Cn1cnc2cc(-c3ccc4c(c3)NC(=O)C(C)(C)O4)nc(NCc3ccnc(N)c3)c2c1=O. The third-order valence-corrected chi connectivity index (χ3v) is 5.64. The number of aromatic nitrogens is 4. The number of nitrogens with two attached hydrogens (primary N) is 1. The number of carbonyl (C=O) groups excluding carboxylic acids is 1. The van der Waals surface area contributed by atoms with Gasteiger partial charge in [-0.15, -0.1) is 0 Å². The van der Waals surface area contributed by atoms with E-state index >= 15 is 0 Å². The van der Waals surface area contributed by atoms with Crippen molar-refractivity contribution in [3.8, 4) is 17.0 Å². The predicted molar refractivity (Wildman–Crippen MR) is 130 cm³/mol. The number of pyridine rings is 2. The summed E-state index contributed by atoms with van der Waals surface area (Å²) in [7, 11) is 1.64. The highest BCUT2D eigenvalue weighted by Gasteiger charge is 2.35. The highest BCUT2D eigenvalue weighted by molar-refractivity contribution is 6.01. The maximum Gasteiger partial charge on any atom is 0.268 e. The van der Waals surface area contributed by atoms with Gasteiger partial charge in [-0.05, 0) is 55.8 Å². The molecule has 0 saturated carbocycles. The van der Waals surface area contributed by atoms with Crippen LogP contribution in [-0.2, 0) is 18.4 Å². The van der Waals surface area contributed by atoms with Crippen LogP contribution in [0.5, 0.6) is 5.75 Å². The molecule has 0 spiro atoms. The second kappa shape index (κ2) is 7.84. The Balaban J connectivity index is 1.59. The van der Waals surface area contributed by atoms with Gasteiger partial charge >= 0.3 is 0 Å². The third-order valence-electron chi connectivity index (χ3n) is 5.64. The molecule has 4 N–H and O–H groups in total. The number of nitrogen functional groups attached to an aromatic ring is 1. The number of nitrogens with zero attached hydrogens (tertiary/aromatic N) is 4. The summed E-state index contributed by atoms with van der Waals surface area (Å²) >= 11 is 0. The summed E-state index contributed by atoms with van der Waals surface area (Å²) in [6.07, 6.45) is 3.10. The molecule has 1 aliphatic rings. The van der Waals surface area contributed by atoms with Crippen molar-refractivity contribution in [1.29, 1.82) is 0 Å². The molecule has 34 heavy (non-hydrogen) atoms. The predicted octanol–water partition coefficient (Wildman–Crippen LogP) is 2.69. The van der Waals surface area contributed by atoms with E-state index in [1.807, 2.05) is 12.1 Å². The second-order valence-corrected chi connectivity index (χ2v) is 8.63. The molecular formula is C24H23N7O3. The van der Waals surface area contributed by atoms with Gasteiger partial charge in [0.05, 0.1) is 23.2 Å². The largest absolute Gasteiger partial charge is 0.476 e. The number of aryl methyl sites for hydroxylation is 1. The number of nitrogens with one attached hydrogen (secondary N) is 2. The van der Waals surface area contributed by atoms with Gasteiger partial charge in [0.25, 0.3) is 11.5 Å². The quantitative estimate of drug-likeness (QED) is 0.425. The lowest BCUT2D eigenvalue weighted by atomic mass is 10.0. The van der Waals surface area contributed by atoms with Crippen LogP contribution in [0, 0.1) is 0 Å². The molecule has 0 unspecified atom stereocenters. The van der Waals surface area contributed by atoms with Gasteiger partial charge in [-0.1, -0.05) is 0 Å². The molecule has 0 fully saturated rings. The smallest absolute Gasteiger partial charge is 0.268 e. The molecule has 10 nitrogen and oxygen atoms in total. The van der Waals surface area contributed by atoms with Gasteiger partial charge in [-0.2, -0.15) is 0 Å². The van der Waals surface area contributed by atoms with Crippen LogP contribution < -0.4 is 26.7 Å². The van der Waals surface area contributed by atoms with Crippen LogP contribution in [0.25, 0.3) is 22.2 Å². The summed E-state index contributed by atoms with van der Waals surface area (Å²) in [4.78, 5) is 38.4. The van der Waals surface area contributed by atoms with Crippen molar-refractivity contribution >= 4 is 34.1 Å². The molecule has 1 aliphatic heterocycles. The van der Waals surface area contributed by atoms with Crippen LogP contribution >= 0.6 is 0 Å². The molecule has 0 radical (unpaired) electrons. The van der Waals surface area contributed by atoms with Crippen molar-refractivity contribution in [2.45, 2.75) is 26.0 Å². The number of ether oxygens (including phenoxy) is 1. The number of hydrogen-bond donors (Lipinski definition) is 3. The molecule has 0 bridgehead atoms. The average Bonchev–Trinajstić information content (AvgIpc) is 2.80. The fraction of sp³-hybridized carbons (Fsp3) is 0.208. The van der Waals surface area contributed by atoms with Crippen LogP contribution in [0.4, 0.5) is 17.3 Å². The summed E-state index contributed by atoms with van der Waals surface area (Å²) in [5.41, 5.74) is 7.90. The van der Waals surface area contributed by atoms with Crippen LogP contribution in [0.15, 0.2) is 53.7 Å².